The SMILES string of the molecule is Cc1cc(C)c(NC(=O)COC(=O)[C@H](Sc2ccccc2)c2ccccc2)c(C)c1. The second-order valence-electron chi connectivity index (χ2n) is 7.15. The lowest BCUT2D eigenvalue weighted by Crippen LogP contribution is -2.24. The van der Waals surface area contributed by atoms with Crippen LogP contribution in [-0.2, 0) is 14.3 Å². The highest BCUT2D eigenvalue weighted by Gasteiger charge is 2.24. The summed E-state index contributed by atoms with van der Waals surface area (Å²) in [5, 5.41) is 2.31. The minimum atomic E-state index is -0.552. The standard InChI is InChI=1S/C25H25NO3S/c1-17-14-18(2)23(19(3)15-17)26-22(27)16-29-25(28)24(20-10-6-4-7-11-20)30-21-12-8-5-9-13-21/h4-15,24H,16H2,1-3H3,(H,26,27)/t24-/m1/s1. The van der Waals surface area contributed by atoms with Crippen molar-refractivity contribution in [1.29, 1.82) is 0 Å². The molecule has 0 saturated carbocycles. The molecule has 3 aromatic rings. The molecule has 1 atom stereocenters. The lowest BCUT2D eigenvalue weighted by molar-refractivity contribution is -0.146. The molecule has 0 heterocycles. The maximum Gasteiger partial charge on any atom is 0.324 e. The maximum absolute atomic E-state index is 12.9. The Morgan fingerprint density at radius 3 is 2.07 bits per heavy atom. The first-order valence-corrected chi connectivity index (χ1v) is 10.6. The number of carbonyl (C=O) groups excluding carboxylic acids is 2. The lowest BCUT2D eigenvalue weighted by atomic mass is 10.1. The summed E-state index contributed by atoms with van der Waals surface area (Å²) < 4.78 is 5.40. The van der Waals surface area contributed by atoms with Crippen molar-refractivity contribution in [3.63, 3.8) is 0 Å². The van der Waals surface area contributed by atoms with E-state index < -0.39 is 11.2 Å². The van der Waals surface area contributed by atoms with Gasteiger partial charge in [-0.05, 0) is 49.6 Å². The zero-order chi connectivity index (χ0) is 21.5. The second kappa shape index (κ2) is 10.1. The zero-order valence-electron chi connectivity index (χ0n) is 17.3. The molecule has 0 radical (unpaired) electrons. The van der Waals surface area contributed by atoms with Crippen LogP contribution in [0.1, 0.15) is 27.5 Å². The monoisotopic (exact) mass is 419 g/mol. The molecule has 0 aliphatic carbocycles. The van der Waals surface area contributed by atoms with E-state index in [-0.39, 0.29) is 12.5 Å². The van der Waals surface area contributed by atoms with Crippen molar-refractivity contribution in [2.45, 2.75) is 30.9 Å². The van der Waals surface area contributed by atoms with Crippen molar-refractivity contribution in [3.05, 3.63) is 95.1 Å². The van der Waals surface area contributed by atoms with Crippen LogP contribution >= 0.6 is 11.8 Å². The first-order chi connectivity index (χ1) is 14.4. The first kappa shape index (κ1) is 21.7. The fourth-order valence-electron chi connectivity index (χ4n) is 3.28. The molecule has 1 amide bonds. The van der Waals surface area contributed by atoms with Crippen LogP contribution in [0.15, 0.2) is 77.7 Å². The summed E-state index contributed by atoms with van der Waals surface area (Å²) in [7, 11) is 0. The third-order valence-corrected chi connectivity index (χ3v) is 5.85. The maximum atomic E-state index is 12.9. The van der Waals surface area contributed by atoms with E-state index in [4.69, 9.17) is 4.74 Å². The molecule has 0 fully saturated rings. The van der Waals surface area contributed by atoms with Gasteiger partial charge in [-0.2, -0.15) is 0 Å². The number of amides is 1. The van der Waals surface area contributed by atoms with E-state index in [2.05, 4.69) is 5.32 Å². The van der Waals surface area contributed by atoms with Crippen LogP contribution in [0.25, 0.3) is 0 Å². The number of rotatable bonds is 7. The van der Waals surface area contributed by atoms with Gasteiger partial charge in [-0.1, -0.05) is 66.2 Å². The molecule has 5 heteroatoms. The molecule has 154 valence electrons. The molecule has 0 bridgehead atoms. The van der Waals surface area contributed by atoms with Crippen molar-refractivity contribution in [3.8, 4) is 0 Å². The minimum Gasteiger partial charge on any atom is -0.454 e. The Bertz CT molecular complexity index is 996. The Hall–Kier alpha value is -3.05. The second-order valence-corrected chi connectivity index (χ2v) is 8.33. The number of hydrogen-bond donors (Lipinski definition) is 1. The Kier molecular flexibility index (Phi) is 7.31. The highest BCUT2D eigenvalue weighted by molar-refractivity contribution is 8.00. The van der Waals surface area contributed by atoms with Gasteiger partial charge in [-0.15, -0.1) is 11.8 Å². The molecule has 0 aliphatic heterocycles. The third kappa shape index (κ3) is 5.74. The van der Waals surface area contributed by atoms with Crippen molar-refractivity contribution < 1.29 is 14.3 Å². The number of carbonyl (C=O) groups is 2. The van der Waals surface area contributed by atoms with Gasteiger partial charge in [0.05, 0.1) is 0 Å². The van der Waals surface area contributed by atoms with E-state index in [0.29, 0.717) is 0 Å². The van der Waals surface area contributed by atoms with Gasteiger partial charge in [-0.3, -0.25) is 9.59 Å². The van der Waals surface area contributed by atoms with E-state index in [0.717, 1.165) is 32.8 Å². The third-order valence-electron chi connectivity index (χ3n) is 4.60. The van der Waals surface area contributed by atoms with Gasteiger partial charge in [0.15, 0.2) is 6.61 Å². The van der Waals surface area contributed by atoms with E-state index >= 15 is 0 Å². The van der Waals surface area contributed by atoms with Crippen molar-refractivity contribution in [1.82, 2.24) is 0 Å². The molecule has 0 saturated heterocycles. The molecule has 4 nitrogen and oxygen atoms in total. The summed E-state index contributed by atoms with van der Waals surface area (Å²) in [6.45, 7) is 5.58. The van der Waals surface area contributed by atoms with Gasteiger partial charge < -0.3 is 10.1 Å². The number of aryl methyl sites for hydroxylation is 3. The summed E-state index contributed by atoms with van der Waals surface area (Å²) in [5.41, 5.74) is 4.70. The smallest absolute Gasteiger partial charge is 0.324 e. The van der Waals surface area contributed by atoms with Crippen LogP contribution in [-0.4, -0.2) is 18.5 Å². The van der Waals surface area contributed by atoms with Gasteiger partial charge in [0.25, 0.3) is 5.91 Å². The van der Waals surface area contributed by atoms with E-state index in [1.165, 1.54) is 11.8 Å². The van der Waals surface area contributed by atoms with Crippen LogP contribution < -0.4 is 5.32 Å². The summed E-state index contributed by atoms with van der Waals surface area (Å²) in [6, 6.07) is 23.2. The Morgan fingerprint density at radius 2 is 1.47 bits per heavy atom. The Balaban J connectivity index is 1.68. The number of anilines is 1. The fraction of sp³-hybridized carbons (Fsp3) is 0.200. The van der Waals surface area contributed by atoms with Gasteiger partial charge in [0, 0.05) is 10.6 Å². The molecule has 0 aliphatic rings. The van der Waals surface area contributed by atoms with Gasteiger partial charge in [-0.25, -0.2) is 0 Å². The molecule has 3 aromatic carbocycles. The largest absolute Gasteiger partial charge is 0.454 e. The molecule has 0 aromatic heterocycles. The predicted molar refractivity (Wildman–Crippen MR) is 122 cm³/mol. The normalized spacial score (nSPS) is 11.6. The van der Waals surface area contributed by atoms with E-state index in [1.807, 2.05) is 93.6 Å². The van der Waals surface area contributed by atoms with Gasteiger partial charge >= 0.3 is 5.97 Å². The first-order valence-electron chi connectivity index (χ1n) is 9.75. The average molecular weight is 420 g/mol. The quantitative estimate of drug-likeness (QED) is 0.398. The number of benzene rings is 3. The van der Waals surface area contributed by atoms with Crippen molar-refractivity contribution >= 4 is 29.3 Å². The van der Waals surface area contributed by atoms with Crippen LogP contribution in [0.2, 0.25) is 0 Å². The van der Waals surface area contributed by atoms with Gasteiger partial charge in [0.1, 0.15) is 5.25 Å². The Morgan fingerprint density at radius 1 is 0.900 bits per heavy atom. The number of hydrogen-bond acceptors (Lipinski definition) is 4. The van der Waals surface area contributed by atoms with Crippen molar-refractivity contribution in [2.75, 3.05) is 11.9 Å². The summed E-state index contributed by atoms with van der Waals surface area (Å²) in [6.07, 6.45) is 0. The van der Waals surface area contributed by atoms with Crippen LogP contribution in [0, 0.1) is 20.8 Å². The van der Waals surface area contributed by atoms with Crippen LogP contribution in [0.5, 0.6) is 0 Å². The lowest BCUT2D eigenvalue weighted by Gasteiger charge is -2.17. The van der Waals surface area contributed by atoms with Crippen LogP contribution in [0.4, 0.5) is 5.69 Å². The Labute approximate surface area is 181 Å². The molecule has 3 rings (SSSR count). The molecule has 30 heavy (non-hydrogen) atoms. The van der Waals surface area contributed by atoms with Crippen molar-refractivity contribution in [2.24, 2.45) is 0 Å². The molecule has 0 unspecified atom stereocenters. The number of nitrogens with one attached hydrogen (secondary N) is 1. The van der Waals surface area contributed by atoms with E-state index in [1.54, 1.807) is 0 Å². The molecular formula is C25H25NO3S. The minimum absolute atomic E-state index is 0.329. The zero-order valence-corrected chi connectivity index (χ0v) is 18.2. The summed E-state index contributed by atoms with van der Waals surface area (Å²) in [5.74, 6) is -0.794. The predicted octanol–water partition coefficient (Wildman–Crippen LogP) is 5.63. The highest BCUT2D eigenvalue weighted by Crippen LogP contribution is 2.36. The fourth-order valence-corrected chi connectivity index (χ4v) is 4.32. The molecule has 0 spiro atoms. The molecule has 1 N–H and O–H groups in total. The number of ether oxygens (including phenoxy) is 1. The van der Waals surface area contributed by atoms with Gasteiger partial charge in [0.2, 0.25) is 0 Å². The number of esters is 1. The van der Waals surface area contributed by atoms with E-state index in [9.17, 15) is 9.59 Å². The molecular weight excluding hydrogens is 394 g/mol. The average Bonchev–Trinajstić information content (AvgIpc) is 2.74. The van der Waals surface area contributed by atoms with Crippen LogP contribution in [0.3, 0.4) is 0 Å². The number of thioether (sulfide) groups is 1. The highest BCUT2D eigenvalue weighted by atomic mass is 32.2. The topological polar surface area (TPSA) is 55.4 Å². The summed E-state index contributed by atoms with van der Waals surface area (Å²) >= 11 is 1.41. The summed E-state index contributed by atoms with van der Waals surface area (Å²) in [4.78, 5) is 26.2.